The van der Waals surface area contributed by atoms with Crippen LogP contribution in [0.2, 0.25) is 5.02 Å². The van der Waals surface area contributed by atoms with Gasteiger partial charge in [0, 0.05) is 17.0 Å². The Kier molecular flexibility index (Phi) is 2.42. The molecule has 1 N–H and O–H groups in total. The molecule has 16 heavy (non-hydrogen) atoms. The number of benzene rings is 1. The van der Waals surface area contributed by atoms with Crippen LogP contribution in [0.3, 0.4) is 0 Å². The van der Waals surface area contributed by atoms with Crippen LogP contribution in [-0.4, -0.2) is 4.98 Å². The van der Waals surface area contributed by atoms with Crippen LogP contribution in [0.15, 0.2) is 29.1 Å². The first-order chi connectivity index (χ1) is 7.38. The Hall–Kier alpha value is -1.49. The third-order valence-corrected chi connectivity index (χ3v) is 2.43. The number of halogens is 4. The molecular formula is C10H5ClF3NO. The van der Waals surface area contributed by atoms with Crippen LogP contribution in [-0.2, 0) is 6.18 Å². The Bertz CT molecular complexity index is 603. The van der Waals surface area contributed by atoms with E-state index in [0.29, 0.717) is 0 Å². The van der Waals surface area contributed by atoms with Crippen molar-refractivity contribution in [2.45, 2.75) is 6.18 Å². The number of alkyl halides is 3. The number of hydrogen-bond acceptors (Lipinski definition) is 1. The lowest BCUT2D eigenvalue weighted by Crippen LogP contribution is -2.07. The van der Waals surface area contributed by atoms with Gasteiger partial charge in [0.15, 0.2) is 0 Å². The van der Waals surface area contributed by atoms with Gasteiger partial charge in [0.1, 0.15) is 0 Å². The van der Waals surface area contributed by atoms with Crippen molar-refractivity contribution >= 4 is 22.5 Å². The van der Waals surface area contributed by atoms with Crippen LogP contribution in [0.1, 0.15) is 5.56 Å². The van der Waals surface area contributed by atoms with Gasteiger partial charge in [-0.15, -0.1) is 0 Å². The Labute approximate surface area is 92.7 Å². The van der Waals surface area contributed by atoms with E-state index in [4.69, 9.17) is 11.6 Å². The second-order valence-electron chi connectivity index (χ2n) is 3.24. The van der Waals surface area contributed by atoms with Crippen molar-refractivity contribution in [1.29, 1.82) is 0 Å². The van der Waals surface area contributed by atoms with E-state index < -0.39 is 17.3 Å². The number of H-pyrrole nitrogens is 1. The van der Waals surface area contributed by atoms with Crippen molar-refractivity contribution in [3.05, 3.63) is 45.2 Å². The molecule has 1 heterocycles. The van der Waals surface area contributed by atoms with Gasteiger partial charge in [-0.25, -0.2) is 0 Å². The zero-order valence-electron chi connectivity index (χ0n) is 7.73. The van der Waals surface area contributed by atoms with Gasteiger partial charge in [-0.3, -0.25) is 4.79 Å². The highest BCUT2D eigenvalue weighted by Crippen LogP contribution is 2.32. The molecule has 0 aliphatic rings. The summed E-state index contributed by atoms with van der Waals surface area (Å²) in [5, 5.41) is 0.181. The number of fused-ring (bicyclic) bond motifs is 1. The molecule has 2 rings (SSSR count). The molecule has 0 amide bonds. The molecule has 0 atom stereocenters. The number of hydrogen-bond donors (Lipinski definition) is 1. The maximum Gasteiger partial charge on any atom is 0.416 e. The zero-order valence-corrected chi connectivity index (χ0v) is 8.49. The predicted octanol–water partition coefficient (Wildman–Crippen LogP) is 3.20. The lowest BCUT2D eigenvalue weighted by Gasteiger charge is -2.08. The van der Waals surface area contributed by atoms with E-state index in [1.807, 2.05) is 0 Å². The molecule has 1 aromatic carbocycles. The highest BCUT2D eigenvalue weighted by Gasteiger charge is 2.30. The average Bonchev–Trinajstić information content (AvgIpc) is 2.15. The highest BCUT2D eigenvalue weighted by molar-refractivity contribution is 6.35. The number of rotatable bonds is 0. The monoisotopic (exact) mass is 247 g/mol. The van der Waals surface area contributed by atoms with Gasteiger partial charge in [-0.2, -0.15) is 13.2 Å². The molecule has 0 aliphatic carbocycles. The van der Waals surface area contributed by atoms with E-state index in [9.17, 15) is 18.0 Å². The Balaban J connectivity index is 2.76. The van der Waals surface area contributed by atoms with E-state index in [1.54, 1.807) is 0 Å². The number of aromatic nitrogens is 1. The third kappa shape index (κ3) is 1.90. The molecule has 0 unspecified atom stereocenters. The molecule has 0 spiro atoms. The lowest BCUT2D eigenvalue weighted by molar-refractivity contribution is -0.137. The normalized spacial score (nSPS) is 12.0. The van der Waals surface area contributed by atoms with Crippen molar-refractivity contribution in [1.82, 2.24) is 4.98 Å². The van der Waals surface area contributed by atoms with Gasteiger partial charge in [0.25, 0.3) is 0 Å². The van der Waals surface area contributed by atoms with E-state index in [2.05, 4.69) is 4.98 Å². The Morgan fingerprint density at radius 2 is 1.88 bits per heavy atom. The summed E-state index contributed by atoms with van der Waals surface area (Å²) < 4.78 is 37.2. The van der Waals surface area contributed by atoms with Crippen LogP contribution >= 0.6 is 11.6 Å². The number of aromatic amines is 1. The Morgan fingerprint density at radius 1 is 1.19 bits per heavy atom. The second-order valence-corrected chi connectivity index (χ2v) is 3.65. The SMILES string of the molecule is O=c1cc(Cl)c2cc(C(F)(F)F)ccc2[nH]1. The van der Waals surface area contributed by atoms with Gasteiger partial charge in [-0.05, 0) is 18.2 Å². The van der Waals surface area contributed by atoms with Crippen molar-refractivity contribution in [2.24, 2.45) is 0 Å². The fourth-order valence-corrected chi connectivity index (χ4v) is 1.64. The second kappa shape index (κ2) is 3.52. The molecule has 0 aliphatic heterocycles. The molecular weight excluding hydrogens is 243 g/mol. The highest BCUT2D eigenvalue weighted by atomic mass is 35.5. The first-order valence-corrected chi connectivity index (χ1v) is 4.65. The van der Waals surface area contributed by atoms with Gasteiger partial charge < -0.3 is 4.98 Å². The fraction of sp³-hybridized carbons (Fsp3) is 0.100. The van der Waals surface area contributed by atoms with Crippen LogP contribution in [0.5, 0.6) is 0 Å². The topological polar surface area (TPSA) is 32.9 Å². The summed E-state index contributed by atoms with van der Waals surface area (Å²) in [6.07, 6.45) is -4.42. The molecule has 2 aromatic rings. The summed E-state index contributed by atoms with van der Waals surface area (Å²) in [5.41, 5.74) is -0.961. The van der Waals surface area contributed by atoms with Gasteiger partial charge in [0.05, 0.1) is 10.6 Å². The Morgan fingerprint density at radius 3 is 2.50 bits per heavy atom. The van der Waals surface area contributed by atoms with Crippen LogP contribution < -0.4 is 5.56 Å². The molecule has 0 saturated heterocycles. The van der Waals surface area contributed by atoms with Crippen molar-refractivity contribution < 1.29 is 13.2 Å². The molecule has 2 nitrogen and oxygen atoms in total. The van der Waals surface area contributed by atoms with E-state index in [1.165, 1.54) is 6.07 Å². The molecule has 84 valence electrons. The predicted molar refractivity (Wildman–Crippen MR) is 54.6 cm³/mol. The molecule has 0 saturated carbocycles. The lowest BCUT2D eigenvalue weighted by atomic mass is 10.1. The first kappa shape index (κ1) is 11.0. The summed E-state index contributed by atoms with van der Waals surface area (Å²) in [6, 6.07) is 4.04. The van der Waals surface area contributed by atoms with Gasteiger partial charge >= 0.3 is 6.18 Å². The smallest absolute Gasteiger partial charge is 0.322 e. The van der Waals surface area contributed by atoms with Gasteiger partial charge in [0.2, 0.25) is 5.56 Å². The van der Waals surface area contributed by atoms with E-state index >= 15 is 0 Å². The molecule has 0 bridgehead atoms. The number of nitrogens with one attached hydrogen (secondary N) is 1. The third-order valence-electron chi connectivity index (χ3n) is 2.12. The van der Waals surface area contributed by atoms with Crippen LogP contribution in [0.4, 0.5) is 13.2 Å². The minimum atomic E-state index is -4.42. The van der Waals surface area contributed by atoms with Crippen LogP contribution in [0, 0.1) is 0 Å². The summed E-state index contributed by atoms with van der Waals surface area (Å²) >= 11 is 5.70. The quantitative estimate of drug-likeness (QED) is 0.762. The average molecular weight is 248 g/mol. The summed E-state index contributed by atoms with van der Waals surface area (Å²) in [7, 11) is 0. The molecule has 1 aromatic heterocycles. The zero-order chi connectivity index (χ0) is 11.9. The van der Waals surface area contributed by atoms with Crippen molar-refractivity contribution in [3.63, 3.8) is 0 Å². The maximum atomic E-state index is 12.4. The molecule has 0 fully saturated rings. The van der Waals surface area contributed by atoms with E-state index in [0.717, 1.165) is 18.2 Å². The molecule has 0 radical (unpaired) electrons. The van der Waals surface area contributed by atoms with Crippen LogP contribution in [0.25, 0.3) is 10.9 Å². The minimum Gasteiger partial charge on any atom is -0.322 e. The molecule has 6 heteroatoms. The van der Waals surface area contributed by atoms with Crippen molar-refractivity contribution in [2.75, 3.05) is 0 Å². The fourth-order valence-electron chi connectivity index (χ4n) is 1.39. The number of pyridine rings is 1. The standard InChI is InChI=1S/C10H5ClF3NO/c11-7-4-9(16)15-8-2-1-5(3-6(7)8)10(12,13)14/h1-4H,(H,15,16). The minimum absolute atomic E-state index is 0.00449. The first-order valence-electron chi connectivity index (χ1n) is 4.28. The largest absolute Gasteiger partial charge is 0.416 e. The maximum absolute atomic E-state index is 12.4. The summed E-state index contributed by atoms with van der Waals surface area (Å²) in [4.78, 5) is 13.4. The van der Waals surface area contributed by atoms with Gasteiger partial charge in [-0.1, -0.05) is 11.6 Å². The van der Waals surface area contributed by atoms with E-state index in [-0.39, 0.29) is 15.9 Å². The summed E-state index contributed by atoms with van der Waals surface area (Å²) in [6.45, 7) is 0. The summed E-state index contributed by atoms with van der Waals surface area (Å²) in [5.74, 6) is 0. The van der Waals surface area contributed by atoms with Crippen molar-refractivity contribution in [3.8, 4) is 0 Å².